The molecule has 1 rings (SSSR count). The van der Waals surface area contributed by atoms with Crippen molar-refractivity contribution in [3.63, 3.8) is 0 Å². The van der Waals surface area contributed by atoms with Crippen molar-refractivity contribution in [2.45, 2.75) is 11.7 Å². The number of hydrogen-bond donors (Lipinski definition) is 2. The molecule has 0 heterocycles. The Morgan fingerprint density at radius 1 is 1.36 bits per heavy atom. The average Bonchev–Trinajstić information content (AvgIpc) is 2.06. The number of benzene rings is 1. The van der Waals surface area contributed by atoms with E-state index in [9.17, 15) is 0 Å². The smallest absolute Gasteiger partial charge is 0.0614 e. The fourth-order valence-corrected chi connectivity index (χ4v) is 1.04. The largest absolute Gasteiger partial charge is 0.395 e. The molecule has 0 amide bonds. The van der Waals surface area contributed by atoms with Crippen LogP contribution >= 0.6 is 12.6 Å². The summed E-state index contributed by atoms with van der Waals surface area (Å²) in [6, 6.07) is 9.76. The third-order valence-corrected chi connectivity index (χ3v) is 2.10. The van der Waals surface area contributed by atoms with Gasteiger partial charge in [-0.3, -0.25) is 0 Å². The summed E-state index contributed by atoms with van der Waals surface area (Å²) in [7, 11) is 0. The van der Waals surface area contributed by atoms with Crippen LogP contribution < -0.4 is 0 Å². The highest BCUT2D eigenvalue weighted by molar-refractivity contribution is 7.81. The monoisotopic (exact) mass is 168 g/mol. The minimum Gasteiger partial charge on any atom is -0.395 e. The Bertz CT molecular complexity index is 218. The van der Waals surface area contributed by atoms with E-state index < -0.39 is 4.75 Å². The van der Waals surface area contributed by atoms with Gasteiger partial charge in [0, 0.05) is 0 Å². The van der Waals surface area contributed by atoms with E-state index in [0.29, 0.717) is 0 Å². The molecule has 11 heavy (non-hydrogen) atoms. The number of rotatable bonds is 2. The van der Waals surface area contributed by atoms with Crippen molar-refractivity contribution in [2.75, 3.05) is 6.61 Å². The van der Waals surface area contributed by atoms with E-state index in [4.69, 9.17) is 5.11 Å². The van der Waals surface area contributed by atoms with Gasteiger partial charge in [-0.1, -0.05) is 30.3 Å². The van der Waals surface area contributed by atoms with E-state index in [2.05, 4.69) is 12.6 Å². The van der Waals surface area contributed by atoms with Crippen molar-refractivity contribution >= 4 is 12.6 Å². The molecule has 1 N–H and O–H groups in total. The van der Waals surface area contributed by atoms with E-state index in [1.165, 1.54) is 0 Å². The first-order valence-corrected chi connectivity index (χ1v) is 4.00. The molecule has 1 aromatic carbocycles. The molecule has 0 unspecified atom stereocenters. The molecule has 0 aliphatic carbocycles. The maximum Gasteiger partial charge on any atom is 0.0614 e. The first-order valence-electron chi connectivity index (χ1n) is 3.55. The highest BCUT2D eigenvalue weighted by Gasteiger charge is 2.19. The molecular formula is C9H12OS. The molecule has 0 aliphatic heterocycles. The SMILES string of the molecule is C[C@@](S)(CO)c1ccccc1. The Hall–Kier alpha value is -0.470. The van der Waals surface area contributed by atoms with E-state index >= 15 is 0 Å². The van der Waals surface area contributed by atoms with E-state index in [-0.39, 0.29) is 6.61 Å². The molecular weight excluding hydrogens is 156 g/mol. The Kier molecular flexibility index (Phi) is 2.58. The highest BCUT2D eigenvalue weighted by atomic mass is 32.1. The standard InChI is InChI=1S/C9H12OS/c1-9(11,7-10)8-5-3-2-4-6-8/h2-6,10-11H,7H2,1H3/t9-/m1/s1. The van der Waals surface area contributed by atoms with Crippen LogP contribution in [-0.2, 0) is 4.75 Å². The Morgan fingerprint density at radius 3 is 2.36 bits per heavy atom. The topological polar surface area (TPSA) is 20.2 Å². The van der Waals surface area contributed by atoms with Crippen LogP contribution in [0.25, 0.3) is 0 Å². The number of aliphatic hydroxyl groups excluding tert-OH is 1. The summed E-state index contributed by atoms with van der Waals surface area (Å²) >= 11 is 4.33. The van der Waals surface area contributed by atoms with Gasteiger partial charge in [0.15, 0.2) is 0 Å². The summed E-state index contributed by atoms with van der Waals surface area (Å²) < 4.78 is -0.415. The van der Waals surface area contributed by atoms with Crippen molar-refractivity contribution < 1.29 is 5.11 Å². The first-order chi connectivity index (χ1) is 5.17. The fraction of sp³-hybridized carbons (Fsp3) is 0.333. The number of thiol groups is 1. The minimum absolute atomic E-state index is 0.0557. The third kappa shape index (κ3) is 1.98. The molecule has 1 atom stereocenters. The lowest BCUT2D eigenvalue weighted by atomic mass is 10.0. The van der Waals surface area contributed by atoms with Crippen molar-refractivity contribution in [1.82, 2.24) is 0 Å². The van der Waals surface area contributed by atoms with Gasteiger partial charge in [0.2, 0.25) is 0 Å². The van der Waals surface area contributed by atoms with Gasteiger partial charge in [-0.2, -0.15) is 12.6 Å². The van der Waals surface area contributed by atoms with E-state index in [1.807, 2.05) is 37.3 Å². The van der Waals surface area contributed by atoms with Gasteiger partial charge < -0.3 is 5.11 Å². The van der Waals surface area contributed by atoms with Crippen molar-refractivity contribution in [3.05, 3.63) is 35.9 Å². The van der Waals surface area contributed by atoms with Crippen LogP contribution in [-0.4, -0.2) is 11.7 Å². The molecule has 0 bridgehead atoms. The zero-order valence-corrected chi connectivity index (χ0v) is 7.38. The molecule has 0 fully saturated rings. The molecule has 1 nitrogen and oxygen atoms in total. The zero-order chi connectivity index (χ0) is 8.32. The second kappa shape index (κ2) is 3.28. The molecule has 0 spiro atoms. The maximum atomic E-state index is 8.97. The second-order valence-electron chi connectivity index (χ2n) is 2.80. The lowest BCUT2D eigenvalue weighted by Gasteiger charge is -2.20. The molecule has 1 aromatic rings. The molecule has 0 saturated carbocycles. The fourth-order valence-electron chi connectivity index (χ4n) is 0.888. The summed E-state index contributed by atoms with van der Waals surface area (Å²) in [5.41, 5.74) is 1.05. The van der Waals surface area contributed by atoms with E-state index in [0.717, 1.165) is 5.56 Å². The van der Waals surface area contributed by atoms with Crippen LogP contribution in [0.2, 0.25) is 0 Å². The minimum atomic E-state index is -0.415. The van der Waals surface area contributed by atoms with Crippen molar-refractivity contribution in [3.8, 4) is 0 Å². The van der Waals surface area contributed by atoms with Gasteiger partial charge in [0.25, 0.3) is 0 Å². The van der Waals surface area contributed by atoms with Crippen LogP contribution in [0, 0.1) is 0 Å². The molecule has 60 valence electrons. The van der Waals surface area contributed by atoms with Crippen molar-refractivity contribution in [1.29, 1.82) is 0 Å². The summed E-state index contributed by atoms with van der Waals surface area (Å²) in [5.74, 6) is 0. The molecule has 2 heteroatoms. The Balaban J connectivity index is 2.93. The third-order valence-electron chi connectivity index (χ3n) is 1.70. The van der Waals surface area contributed by atoms with Crippen LogP contribution in [0.5, 0.6) is 0 Å². The summed E-state index contributed by atoms with van der Waals surface area (Å²) in [5, 5.41) is 8.97. The van der Waals surface area contributed by atoms with Gasteiger partial charge in [0.05, 0.1) is 11.4 Å². The molecule has 0 saturated heterocycles. The summed E-state index contributed by atoms with van der Waals surface area (Å²) in [6.07, 6.45) is 0. The molecule has 0 radical (unpaired) electrons. The Labute approximate surface area is 72.5 Å². The van der Waals surface area contributed by atoms with Crippen LogP contribution in [0.4, 0.5) is 0 Å². The van der Waals surface area contributed by atoms with Gasteiger partial charge in [-0.05, 0) is 12.5 Å². The summed E-state index contributed by atoms with van der Waals surface area (Å²) in [4.78, 5) is 0. The Morgan fingerprint density at radius 2 is 1.91 bits per heavy atom. The highest BCUT2D eigenvalue weighted by Crippen LogP contribution is 2.26. The van der Waals surface area contributed by atoms with Gasteiger partial charge in [-0.25, -0.2) is 0 Å². The van der Waals surface area contributed by atoms with Crippen LogP contribution in [0.1, 0.15) is 12.5 Å². The second-order valence-corrected chi connectivity index (χ2v) is 3.79. The zero-order valence-electron chi connectivity index (χ0n) is 6.49. The molecule has 0 aliphatic rings. The first kappa shape index (κ1) is 8.62. The predicted octanol–water partition coefficient (Wildman–Crippen LogP) is 1.82. The maximum absolute atomic E-state index is 8.97. The van der Waals surface area contributed by atoms with E-state index in [1.54, 1.807) is 0 Å². The number of aliphatic hydroxyl groups is 1. The normalized spacial score (nSPS) is 15.9. The number of hydrogen-bond acceptors (Lipinski definition) is 2. The van der Waals surface area contributed by atoms with Crippen LogP contribution in [0.3, 0.4) is 0 Å². The van der Waals surface area contributed by atoms with Gasteiger partial charge in [-0.15, -0.1) is 0 Å². The van der Waals surface area contributed by atoms with Crippen LogP contribution in [0.15, 0.2) is 30.3 Å². The average molecular weight is 168 g/mol. The van der Waals surface area contributed by atoms with Gasteiger partial charge >= 0.3 is 0 Å². The molecule has 0 aromatic heterocycles. The lowest BCUT2D eigenvalue weighted by Crippen LogP contribution is -2.18. The lowest BCUT2D eigenvalue weighted by molar-refractivity contribution is 0.259. The summed E-state index contributed by atoms with van der Waals surface area (Å²) in [6.45, 7) is 1.95. The van der Waals surface area contributed by atoms with Gasteiger partial charge in [0.1, 0.15) is 0 Å². The predicted molar refractivity (Wildman–Crippen MR) is 49.9 cm³/mol. The van der Waals surface area contributed by atoms with Crippen molar-refractivity contribution in [2.24, 2.45) is 0 Å². The quantitative estimate of drug-likeness (QED) is 0.645.